The minimum Gasteiger partial charge on any atom is -0.465 e. The molecule has 5 aliphatic rings. The zero-order valence-electron chi connectivity index (χ0n) is 68.1. The Bertz CT molecular complexity index is 4050. The van der Waals surface area contributed by atoms with Crippen molar-refractivity contribution in [2.45, 2.75) is 244 Å². The van der Waals surface area contributed by atoms with Crippen LogP contribution in [-0.2, 0) is 186 Å². The van der Waals surface area contributed by atoms with E-state index in [4.69, 9.17) is 109 Å². The van der Waals surface area contributed by atoms with E-state index in [0.29, 0.717) is 0 Å². The Hall–Kier alpha value is -11.4. The summed E-state index contributed by atoms with van der Waals surface area (Å²) in [6, 6.07) is 9.03. The molecule has 0 spiro atoms. The van der Waals surface area contributed by atoms with E-state index < -0.39 is 288 Å². The minimum atomic E-state index is -3.32. The largest absolute Gasteiger partial charge is 0.465 e. The number of hydrogen-bond donors (Lipinski definition) is 3. The Labute approximate surface area is 685 Å². The molecule has 120 heavy (non-hydrogen) atoms. The van der Waals surface area contributed by atoms with Crippen LogP contribution in [0, 0.1) is 0 Å². The lowest BCUT2D eigenvalue weighted by atomic mass is 9.87. The van der Waals surface area contributed by atoms with Crippen molar-refractivity contribution in [3.05, 3.63) is 72.3 Å². The number of esters is 14. The molecule has 660 valence electrons. The van der Waals surface area contributed by atoms with Crippen molar-refractivity contribution in [1.82, 2.24) is 16.0 Å². The molecule has 2 aromatic carbocycles. The third-order valence-electron chi connectivity index (χ3n) is 18.2. The van der Waals surface area contributed by atoms with Crippen molar-refractivity contribution < 1.29 is 190 Å². The summed E-state index contributed by atoms with van der Waals surface area (Å²) in [6.45, 7) is 10.7. The summed E-state index contributed by atoms with van der Waals surface area (Å²) in [7, 11) is 0.774. The maximum Gasteiger partial charge on any atom is 0.407 e. The van der Waals surface area contributed by atoms with Crippen LogP contribution < -0.4 is 16.0 Å². The molecule has 43 nitrogen and oxygen atoms in total. The highest BCUT2D eigenvalue weighted by Crippen LogP contribution is 2.46. The summed E-state index contributed by atoms with van der Waals surface area (Å²) in [5.41, 5.74) is 3.42. The van der Waals surface area contributed by atoms with E-state index in [0.717, 1.165) is 126 Å². The van der Waals surface area contributed by atoms with Gasteiger partial charge in [-0.05, 0) is 22.3 Å². The summed E-state index contributed by atoms with van der Waals surface area (Å²) in [6.07, 6.45) is -40.0. The zero-order valence-corrected chi connectivity index (χ0v) is 68.1. The van der Waals surface area contributed by atoms with Gasteiger partial charge in [-0.3, -0.25) is 67.1 Å². The molecule has 4 heterocycles. The minimum absolute atomic E-state index is 0.265. The Kier molecular flexibility index (Phi) is 35.2. The van der Waals surface area contributed by atoms with Gasteiger partial charge >= 0.3 is 89.7 Å². The molecule has 43 heteroatoms. The molecule has 3 N–H and O–H groups in total. The Morgan fingerprint density at radius 1 is 0.458 bits per heavy atom. The number of carbonyl (C=O) groups is 17. The number of rotatable bonds is 36. The lowest BCUT2D eigenvalue weighted by molar-refractivity contribution is -0.389. The third-order valence-corrected chi connectivity index (χ3v) is 18.2. The smallest absolute Gasteiger partial charge is 0.407 e. The summed E-state index contributed by atoms with van der Waals surface area (Å²) in [5.74, 6) is -22.1. The number of ether oxygens (including phenoxy) is 23. The van der Waals surface area contributed by atoms with Gasteiger partial charge in [0.15, 0.2) is 73.7 Å². The number of methoxy groups -OCH3 is 1. The van der Waals surface area contributed by atoms with Gasteiger partial charge in [0.2, 0.25) is 11.8 Å². The molecule has 4 aliphatic heterocycles. The van der Waals surface area contributed by atoms with Crippen LogP contribution in [0.25, 0.3) is 11.1 Å². The third kappa shape index (κ3) is 26.6. The van der Waals surface area contributed by atoms with Crippen LogP contribution in [0.15, 0.2) is 61.2 Å². The average Bonchev–Trinajstić information content (AvgIpc) is 0.966. The first-order chi connectivity index (χ1) is 56.6. The predicted octanol–water partition coefficient (Wildman–Crippen LogP) is 0.343. The van der Waals surface area contributed by atoms with Crippen LogP contribution in [0.5, 0.6) is 0 Å². The zero-order chi connectivity index (χ0) is 88.7. The van der Waals surface area contributed by atoms with Crippen molar-refractivity contribution >= 4 is 101 Å². The number of carbonyl (C=O) groups excluding carboxylic acids is 17. The van der Waals surface area contributed by atoms with Crippen LogP contribution in [0.3, 0.4) is 0 Å². The van der Waals surface area contributed by atoms with Gasteiger partial charge in [-0.2, -0.15) is 0 Å². The second-order valence-electron chi connectivity index (χ2n) is 27.6. The molecule has 0 radical (unpaired) electrons. The van der Waals surface area contributed by atoms with Crippen molar-refractivity contribution in [1.29, 1.82) is 0 Å². The highest BCUT2D eigenvalue weighted by Gasteiger charge is 2.65. The van der Waals surface area contributed by atoms with Gasteiger partial charge in [-0.1, -0.05) is 61.2 Å². The van der Waals surface area contributed by atoms with E-state index in [-0.39, 0.29) is 6.61 Å². The predicted molar refractivity (Wildman–Crippen MR) is 390 cm³/mol. The standard InChI is InChI=1S/C77H97N3O40/c1-17-26-99-71(95)53(80-76(97)105-28-52-50-24-20-18-22-48(50)49-23-19-21-25-51(49)52)29-104-73-69(67(112-46(14)93)63(109-43(11)90)57(115-73)32-102-38(6)85)118-72-60(79-35(3)82)65(111-45(13)92)61(56(114-72)31-101-37(5)84)117-74-70(113-47(15)94)68(64(110-44(12)91)58(116-74)33-103-39(7)86)120-77(75(96)98-16)27-54(106-40(8)87)59(78-34(2)81)66(119-77)62(108-42(10)89)55(107-41(9)88)30-100-36(4)83/h17-25,52-70,72-74H,1,26-33H2,2-16H3,(H,78,81)(H,79,82)(H,80,97)/t53-,54-,55+,56+,57+,58+,59+,60+,61+,62+,63+,64-,65+,66+,67-,68-,69-,70+,72-,73-,74-,77-/m0/s1. The molecule has 7 rings (SSSR count). The van der Waals surface area contributed by atoms with Crippen molar-refractivity contribution in [3.63, 3.8) is 0 Å². The van der Waals surface area contributed by atoms with Gasteiger partial charge in [0.1, 0.15) is 88.4 Å². The molecule has 0 aromatic heterocycles. The van der Waals surface area contributed by atoms with Crippen molar-refractivity contribution in [2.75, 3.05) is 53.4 Å². The molecule has 0 unspecified atom stereocenters. The lowest BCUT2D eigenvalue weighted by Crippen LogP contribution is -2.72. The Balaban J connectivity index is 1.40. The number of hydrogen-bond acceptors (Lipinski definition) is 40. The first kappa shape index (κ1) is 95.8. The summed E-state index contributed by atoms with van der Waals surface area (Å²) in [4.78, 5) is 229. The maximum atomic E-state index is 15.2. The summed E-state index contributed by atoms with van der Waals surface area (Å²) >= 11 is 0. The SMILES string of the molecule is C=CCOC(=O)[C@H](CO[C@H]1O[C@H](COC(C)=O)[C@@H](OC(C)=O)[C@H](OC(C)=O)[C@@H]1O[C@@H]1O[C@H](COC(C)=O)[C@@H](O[C@@H]2O[C@H](COC(C)=O)[C@H](OC(C)=O)[C@H](O[C@]3(C(=O)OC)C[C@H](OC(C)=O)[C@@H](NC(C)=O)[C@H]([C@H](OC(C)=O)[C@@H](COC(C)=O)OC(C)=O)O3)[C@H]2OC(C)=O)[C@H](OC(C)=O)[C@H]1NC(C)=O)NC(=O)OCC1c2ccccc2-c2ccccc21. The molecule has 0 saturated carbocycles. The first-order valence-corrected chi connectivity index (χ1v) is 37.3. The highest BCUT2D eigenvalue weighted by molar-refractivity contribution is 5.83. The van der Waals surface area contributed by atoms with E-state index in [1.807, 2.05) is 48.5 Å². The van der Waals surface area contributed by atoms with Gasteiger partial charge in [-0.15, -0.1) is 0 Å². The molecule has 0 bridgehead atoms. The van der Waals surface area contributed by atoms with Crippen LogP contribution in [0.4, 0.5) is 4.79 Å². The fourth-order valence-corrected chi connectivity index (χ4v) is 13.9. The fraction of sp³-hybridized carbons (Fsp3) is 0.597. The summed E-state index contributed by atoms with van der Waals surface area (Å²) < 4.78 is 137. The van der Waals surface area contributed by atoms with E-state index in [2.05, 4.69) is 22.5 Å². The number of fused-ring (bicyclic) bond motifs is 3. The normalized spacial score (nSPS) is 27.3. The topological polar surface area (TPSA) is 539 Å². The van der Waals surface area contributed by atoms with Crippen LogP contribution in [-0.4, -0.2) is 289 Å². The molecule has 3 amide bonds. The first-order valence-electron chi connectivity index (χ1n) is 37.3. The van der Waals surface area contributed by atoms with Crippen molar-refractivity contribution in [3.8, 4) is 11.1 Å². The molecule has 22 atom stereocenters. The second-order valence-corrected chi connectivity index (χ2v) is 27.6. The highest BCUT2D eigenvalue weighted by atomic mass is 16.8. The quantitative estimate of drug-likeness (QED) is 0.0470. The average molecular weight is 1700 g/mol. The maximum absolute atomic E-state index is 15.2. The molecular weight excluding hydrogens is 1610 g/mol. The number of alkyl carbamates (subject to hydrolysis) is 1. The van der Waals surface area contributed by atoms with Gasteiger partial charge in [-0.25, -0.2) is 14.4 Å². The van der Waals surface area contributed by atoms with E-state index in [1.54, 1.807) is 0 Å². The molecule has 2 aromatic rings. The number of nitrogens with one attached hydrogen (secondary N) is 3. The van der Waals surface area contributed by atoms with E-state index >= 15 is 4.79 Å². The van der Waals surface area contributed by atoms with Gasteiger partial charge in [0, 0.05) is 103 Å². The van der Waals surface area contributed by atoms with Crippen LogP contribution >= 0.6 is 0 Å². The fourth-order valence-electron chi connectivity index (χ4n) is 13.9. The van der Waals surface area contributed by atoms with Gasteiger partial charge < -0.3 is 125 Å². The van der Waals surface area contributed by atoms with Gasteiger partial charge in [0.25, 0.3) is 5.79 Å². The molecular formula is C77H97N3O40. The summed E-state index contributed by atoms with van der Waals surface area (Å²) in [5, 5.41) is 7.44. The Morgan fingerprint density at radius 2 is 0.917 bits per heavy atom. The monoisotopic (exact) mass is 1700 g/mol. The van der Waals surface area contributed by atoms with E-state index in [9.17, 15) is 76.7 Å². The molecule has 4 saturated heterocycles. The number of amides is 3. The van der Waals surface area contributed by atoms with Crippen molar-refractivity contribution in [2.24, 2.45) is 0 Å². The number of benzene rings is 2. The molecule has 4 fully saturated rings. The van der Waals surface area contributed by atoms with Crippen LogP contribution in [0.2, 0.25) is 0 Å². The Morgan fingerprint density at radius 3 is 1.41 bits per heavy atom. The second kappa shape index (κ2) is 44.1. The lowest BCUT2D eigenvalue weighted by Gasteiger charge is -2.53. The molecule has 1 aliphatic carbocycles. The van der Waals surface area contributed by atoms with E-state index in [1.165, 1.54) is 6.08 Å². The van der Waals surface area contributed by atoms with Gasteiger partial charge in [0.05, 0.1) is 26.2 Å². The van der Waals surface area contributed by atoms with Crippen LogP contribution in [0.1, 0.15) is 120 Å².